The number of carbonyl (C=O) groups excluding carboxylic acids is 4. The molecule has 0 unspecified atom stereocenters. The van der Waals surface area contributed by atoms with Crippen LogP contribution in [0.1, 0.15) is 62.1 Å². The minimum Gasteiger partial charge on any atom is -0.481 e. The van der Waals surface area contributed by atoms with E-state index in [0.717, 1.165) is 24.2 Å². The summed E-state index contributed by atoms with van der Waals surface area (Å²) < 4.78 is 10.2. The van der Waals surface area contributed by atoms with Crippen LogP contribution in [0.5, 0.6) is 0 Å². The molecular weight excluding hydrogens is 662 g/mol. The number of carbonyl (C=O) groups is 5. The van der Waals surface area contributed by atoms with Crippen molar-refractivity contribution in [3.63, 3.8) is 0 Å². The molecule has 3 saturated heterocycles. The van der Waals surface area contributed by atoms with Crippen molar-refractivity contribution < 1.29 is 38.6 Å². The molecule has 0 spiro atoms. The first-order valence-electron chi connectivity index (χ1n) is 18.0. The summed E-state index contributed by atoms with van der Waals surface area (Å²) in [6.45, 7) is 10.9. The molecule has 0 aromatic heterocycles. The van der Waals surface area contributed by atoms with E-state index >= 15 is 0 Å². The van der Waals surface area contributed by atoms with E-state index in [1.54, 1.807) is 16.7 Å². The Morgan fingerprint density at radius 1 is 0.577 bits per heavy atom. The number of nitrogens with one attached hydrogen (secondary N) is 1. The monoisotopic (exact) mass is 713 g/mol. The molecule has 11 heteroatoms. The SMILES string of the molecule is CC(=O)N1C[C@@H](C(=O)O)[C@H](c2ccccc2)C1.CCOC(=O)[C@@H]1CN(C(C)=O)C[C@H]1c1ccccc1.CCOC(=O)[C@@H]1CNC[C@H]1c1ccccc1. The molecule has 0 saturated carbocycles. The molecule has 278 valence electrons. The lowest BCUT2D eigenvalue weighted by atomic mass is 9.89. The van der Waals surface area contributed by atoms with E-state index < -0.39 is 11.9 Å². The van der Waals surface area contributed by atoms with E-state index in [-0.39, 0.29) is 53.3 Å². The quantitative estimate of drug-likeness (QED) is 0.318. The number of hydrogen-bond acceptors (Lipinski definition) is 8. The highest BCUT2D eigenvalue weighted by Gasteiger charge is 2.41. The maximum absolute atomic E-state index is 12.0. The van der Waals surface area contributed by atoms with Crippen molar-refractivity contribution in [2.75, 3.05) is 52.5 Å². The number of esters is 2. The van der Waals surface area contributed by atoms with Gasteiger partial charge in [-0.2, -0.15) is 0 Å². The van der Waals surface area contributed by atoms with Gasteiger partial charge >= 0.3 is 17.9 Å². The topological polar surface area (TPSA) is 143 Å². The van der Waals surface area contributed by atoms with E-state index in [0.29, 0.717) is 39.4 Å². The van der Waals surface area contributed by atoms with Crippen molar-refractivity contribution >= 4 is 29.7 Å². The lowest BCUT2D eigenvalue weighted by Gasteiger charge is -2.17. The molecule has 52 heavy (non-hydrogen) atoms. The van der Waals surface area contributed by atoms with Crippen LogP contribution in [0.15, 0.2) is 91.0 Å². The standard InChI is InChI=1S/C15H19NO3.C13H15NO3.C13H17NO2/c1-3-19-15(18)14-10-16(11(2)17)9-13(14)12-7-5-4-6-8-12;1-9(15)14-7-11(12(8-14)13(16)17)10-5-3-2-4-6-10;1-2-16-13(15)12-9-14-8-11(12)10-6-4-3-5-7-10/h4-8,13-14H,3,9-10H2,1-2H3;2-6,11-12H,7-8H2,1H3,(H,16,17);3-7,11-12,14H,2,8-9H2,1H3/t13-,14+;2*11-,12+/m000/s1. The van der Waals surface area contributed by atoms with Gasteiger partial charge in [0.2, 0.25) is 11.8 Å². The van der Waals surface area contributed by atoms with Crippen LogP contribution in [0.4, 0.5) is 0 Å². The molecule has 3 aliphatic heterocycles. The summed E-state index contributed by atoms with van der Waals surface area (Å²) in [4.78, 5) is 61.2. The van der Waals surface area contributed by atoms with Gasteiger partial charge in [0.15, 0.2) is 0 Å². The minimum absolute atomic E-state index is 0.00716. The first kappa shape index (κ1) is 39.8. The molecule has 0 bridgehead atoms. The minimum atomic E-state index is -0.831. The van der Waals surface area contributed by atoms with Crippen molar-refractivity contribution in [3.05, 3.63) is 108 Å². The van der Waals surface area contributed by atoms with Gasteiger partial charge in [0.25, 0.3) is 0 Å². The maximum Gasteiger partial charge on any atom is 0.311 e. The number of likely N-dealkylation sites (tertiary alicyclic amines) is 2. The number of rotatable bonds is 8. The van der Waals surface area contributed by atoms with Gasteiger partial charge in [-0.3, -0.25) is 24.0 Å². The van der Waals surface area contributed by atoms with E-state index in [1.807, 2.05) is 85.8 Å². The molecule has 0 radical (unpaired) electrons. The van der Waals surface area contributed by atoms with Crippen LogP contribution in [-0.2, 0) is 33.4 Å². The highest BCUT2D eigenvalue weighted by Crippen LogP contribution is 2.34. The zero-order valence-corrected chi connectivity index (χ0v) is 30.5. The third-order valence-corrected chi connectivity index (χ3v) is 9.92. The molecule has 3 heterocycles. The molecule has 11 nitrogen and oxygen atoms in total. The van der Waals surface area contributed by atoms with Crippen LogP contribution >= 0.6 is 0 Å². The molecule has 2 N–H and O–H groups in total. The molecule has 3 aromatic rings. The Morgan fingerprint density at radius 3 is 1.37 bits per heavy atom. The third kappa shape index (κ3) is 10.5. The number of benzene rings is 3. The van der Waals surface area contributed by atoms with Crippen molar-refractivity contribution in [2.45, 2.75) is 45.4 Å². The van der Waals surface area contributed by atoms with Gasteiger partial charge in [0.1, 0.15) is 0 Å². The second kappa shape index (κ2) is 19.5. The summed E-state index contributed by atoms with van der Waals surface area (Å²) in [5.74, 6) is -1.79. The van der Waals surface area contributed by atoms with E-state index in [9.17, 15) is 29.1 Å². The number of carboxylic acid groups (broad SMARTS) is 1. The predicted molar refractivity (Wildman–Crippen MR) is 196 cm³/mol. The normalized spacial score (nSPS) is 23.4. The Labute approximate surface area is 306 Å². The van der Waals surface area contributed by atoms with E-state index in [2.05, 4.69) is 17.4 Å². The van der Waals surface area contributed by atoms with Gasteiger partial charge in [0.05, 0.1) is 31.0 Å². The molecule has 3 fully saturated rings. The van der Waals surface area contributed by atoms with Crippen molar-refractivity contribution in [2.24, 2.45) is 17.8 Å². The van der Waals surface area contributed by atoms with Crippen molar-refractivity contribution in [1.29, 1.82) is 0 Å². The first-order chi connectivity index (χ1) is 25.0. The number of carboxylic acids is 1. The second-order valence-corrected chi connectivity index (χ2v) is 13.2. The molecule has 3 aliphatic rings. The smallest absolute Gasteiger partial charge is 0.311 e. The van der Waals surface area contributed by atoms with Gasteiger partial charge in [0, 0.05) is 70.9 Å². The molecule has 2 amide bonds. The number of nitrogens with zero attached hydrogens (tertiary/aromatic N) is 2. The van der Waals surface area contributed by atoms with Crippen molar-refractivity contribution in [1.82, 2.24) is 15.1 Å². The van der Waals surface area contributed by atoms with Gasteiger partial charge in [-0.15, -0.1) is 0 Å². The van der Waals surface area contributed by atoms with Crippen LogP contribution < -0.4 is 5.32 Å². The average molecular weight is 714 g/mol. The van der Waals surface area contributed by atoms with Crippen LogP contribution in [-0.4, -0.2) is 97.1 Å². The van der Waals surface area contributed by atoms with Gasteiger partial charge in [-0.25, -0.2) is 0 Å². The molecule has 6 rings (SSSR count). The van der Waals surface area contributed by atoms with Crippen LogP contribution in [0.25, 0.3) is 0 Å². The maximum atomic E-state index is 12.0. The Hall–Kier alpha value is -5.03. The highest BCUT2D eigenvalue weighted by molar-refractivity contribution is 5.79. The number of aliphatic carboxylic acids is 1. The average Bonchev–Trinajstić information content (AvgIpc) is 3.93. The molecule has 3 aromatic carbocycles. The fraction of sp³-hybridized carbons (Fsp3) is 0.439. The van der Waals surface area contributed by atoms with Crippen LogP contribution in [0.3, 0.4) is 0 Å². The number of amides is 2. The van der Waals surface area contributed by atoms with Crippen LogP contribution in [0, 0.1) is 17.8 Å². The van der Waals surface area contributed by atoms with Crippen LogP contribution in [0.2, 0.25) is 0 Å². The zero-order valence-electron chi connectivity index (χ0n) is 30.5. The summed E-state index contributed by atoms with van der Waals surface area (Å²) in [6.07, 6.45) is 0. The van der Waals surface area contributed by atoms with Gasteiger partial charge < -0.3 is 29.7 Å². The Kier molecular flexibility index (Phi) is 14.9. The summed E-state index contributed by atoms with van der Waals surface area (Å²) in [6, 6.07) is 29.5. The summed E-state index contributed by atoms with van der Waals surface area (Å²) in [5.41, 5.74) is 3.29. The van der Waals surface area contributed by atoms with Gasteiger partial charge in [-0.1, -0.05) is 91.0 Å². The zero-order chi connectivity index (χ0) is 37.6. The lowest BCUT2D eigenvalue weighted by Crippen LogP contribution is -2.28. The lowest BCUT2D eigenvalue weighted by molar-refractivity contribution is -0.148. The summed E-state index contributed by atoms with van der Waals surface area (Å²) in [5, 5.41) is 12.5. The largest absolute Gasteiger partial charge is 0.481 e. The molecular formula is C41H51N3O8. The summed E-state index contributed by atoms with van der Waals surface area (Å²) in [7, 11) is 0. The fourth-order valence-electron chi connectivity index (χ4n) is 7.16. The molecule has 6 atom stereocenters. The fourth-order valence-corrected chi connectivity index (χ4v) is 7.16. The van der Waals surface area contributed by atoms with E-state index in [1.165, 1.54) is 19.4 Å². The second-order valence-electron chi connectivity index (χ2n) is 13.2. The van der Waals surface area contributed by atoms with Crippen molar-refractivity contribution in [3.8, 4) is 0 Å². The Morgan fingerprint density at radius 2 is 0.962 bits per heavy atom. The number of ether oxygens (including phenoxy) is 2. The van der Waals surface area contributed by atoms with E-state index in [4.69, 9.17) is 9.47 Å². The number of hydrogen-bond donors (Lipinski definition) is 2. The highest BCUT2D eigenvalue weighted by atomic mass is 16.5. The third-order valence-electron chi connectivity index (χ3n) is 9.92. The summed E-state index contributed by atoms with van der Waals surface area (Å²) >= 11 is 0. The molecule has 0 aliphatic carbocycles. The Balaban J connectivity index is 0.000000175. The first-order valence-corrected chi connectivity index (χ1v) is 18.0. The predicted octanol–water partition coefficient (Wildman–Crippen LogP) is 4.70. The Bertz CT molecular complexity index is 1620. The van der Waals surface area contributed by atoms with Gasteiger partial charge in [-0.05, 0) is 30.5 Å².